The highest BCUT2D eigenvalue weighted by molar-refractivity contribution is 7.98. The van der Waals surface area contributed by atoms with Gasteiger partial charge in [0.2, 0.25) is 5.91 Å². The van der Waals surface area contributed by atoms with Crippen LogP contribution in [-0.4, -0.2) is 77.2 Å². The first kappa shape index (κ1) is 45.3. The van der Waals surface area contributed by atoms with Gasteiger partial charge in [0.1, 0.15) is 45.9 Å². The van der Waals surface area contributed by atoms with E-state index < -0.39 is 12.0 Å². The number of carboxylic acids is 1. The number of thioether (sulfide) groups is 1. The topological polar surface area (TPSA) is 195 Å². The lowest BCUT2D eigenvalue weighted by atomic mass is 9.96. The molecule has 3 heterocycles. The highest BCUT2D eigenvalue weighted by atomic mass is 35.5. The SMILES string of the molecule is Cl.Cl.N#Cc1c(SCc2csc(-c3ccc(Cl)cc3)n2)nc(N2CCCC2)c(C#N)c1-c1ccc(OCCN(CCC(=O)O)C(=O)[C@@H](N)CCCCN)cc1. The summed E-state index contributed by atoms with van der Waals surface area (Å²) in [5.41, 5.74) is 15.3. The van der Waals surface area contributed by atoms with Crippen molar-refractivity contribution in [1.82, 2.24) is 14.9 Å². The van der Waals surface area contributed by atoms with Gasteiger partial charge in [0.05, 0.1) is 30.3 Å². The molecule has 2 aromatic heterocycles. The average Bonchev–Trinajstić information content (AvgIpc) is 3.88. The van der Waals surface area contributed by atoms with Crippen LogP contribution >= 0.6 is 59.5 Å². The molecule has 1 aliphatic rings. The minimum Gasteiger partial charge on any atom is -0.492 e. The van der Waals surface area contributed by atoms with Crippen LogP contribution in [0.25, 0.3) is 21.7 Å². The quantitative estimate of drug-likeness (QED) is 0.0678. The number of carboxylic acid groups (broad SMARTS) is 1. The molecule has 5 rings (SSSR count). The second-order valence-electron chi connectivity index (χ2n) is 12.5. The van der Waals surface area contributed by atoms with Gasteiger partial charge in [-0.1, -0.05) is 54.0 Å². The highest BCUT2D eigenvalue weighted by Crippen LogP contribution is 2.40. The molecule has 17 heteroatoms. The molecule has 1 amide bonds. The monoisotopic (exact) mass is 844 g/mol. The first-order chi connectivity index (χ1) is 25.7. The van der Waals surface area contributed by atoms with Gasteiger partial charge in [0, 0.05) is 46.9 Å². The number of halogens is 3. The predicted octanol–water partition coefficient (Wildman–Crippen LogP) is 7.14. The van der Waals surface area contributed by atoms with Gasteiger partial charge >= 0.3 is 5.97 Å². The van der Waals surface area contributed by atoms with Crippen molar-refractivity contribution < 1.29 is 19.4 Å². The van der Waals surface area contributed by atoms with E-state index in [1.54, 1.807) is 24.3 Å². The normalized spacial score (nSPS) is 12.5. The lowest BCUT2D eigenvalue weighted by Gasteiger charge is -2.25. The largest absolute Gasteiger partial charge is 0.492 e. The number of carbonyl (C=O) groups is 2. The van der Waals surface area contributed by atoms with Crippen LogP contribution in [0, 0.1) is 22.7 Å². The maximum absolute atomic E-state index is 13.0. The number of nitrogens with zero attached hydrogens (tertiary/aromatic N) is 6. The molecule has 1 saturated heterocycles. The summed E-state index contributed by atoms with van der Waals surface area (Å²) in [4.78, 5) is 37.5. The zero-order valence-electron chi connectivity index (χ0n) is 30.0. The number of rotatable bonds is 18. The molecule has 1 fully saturated rings. The number of unbranched alkanes of at least 4 members (excludes halogenated alkanes) is 1. The second kappa shape index (κ2) is 22.4. The summed E-state index contributed by atoms with van der Waals surface area (Å²) >= 11 is 9.01. The third kappa shape index (κ3) is 12.2. The Balaban J connectivity index is 0.00000406. The third-order valence-electron chi connectivity index (χ3n) is 8.74. The first-order valence-electron chi connectivity index (χ1n) is 17.4. The summed E-state index contributed by atoms with van der Waals surface area (Å²) in [5.74, 6) is 0.212. The van der Waals surface area contributed by atoms with E-state index >= 15 is 0 Å². The van der Waals surface area contributed by atoms with E-state index in [9.17, 15) is 25.2 Å². The predicted molar refractivity (Wildman–Crippen MR) is 222 cm³/mol. The Morgan fingerprint density at radius 1 is 1.00 bits per heavy atom. The van der Waals surface area contributed by atoms with Crippen molar-refractivity contribution in [2.75, 3.05) is 44.2 Å². The second-order valence-corrected chi connectivity index (χ2v) is 14.7. The van der Waals surface area contributed by atoms with Gasteiger partial charge in [-0.15, -0.1) is 36.2 Å². The van der Waals surface area contributed by atoms with Crippen LogP contribution in [0.15, 0.2) is 58.9 Å². The lowest BCUT2D eigenvalue weighted by molar-refractivity contribution is -0.139. The number of aromatic nitrogens is 2. The number of pyridine rings is 1. The fraction of sp³-hybridized carbons (Fsp3) is 0.368. The Kier molecular flexibility index (Phi) is 18.5. The van der Waals surface area contributed by atoms with Gasteiger partial charge in [0.25, 0.3) is 0 Å². The van der Waals surface area contributed by atoms with Gasteiger partial charge in [-0.05, 0) is 62.1 Å². The fourth-order valence-electron chi connectivity index (χ4n) is 5.97. The number of aliphatic carboxylic acids is 1. The molecule has 0 bridgehead atoms. The van der Waals surface area contributed by atoms with Gasteiger partial charge in [-0.3, -0.25) is 9.59 Å². The number of benzene rings is 2. The van der Waals surface area contributed by atoms with Crippen molar-refractivity contribution in [2.45, 2.75) is 55.3 Å². The van der Waals surface area contributed by atoms with Crippen LogP contribution < -0.4 is 21.1 Å². The smallest absolute Gasteiger partial charge is 0.305 e. The Labute approximate surface area is 346 Å². The molecule has 5 N–H and O–H groups in total. The number of nitrogens with two attached hydrogens (primary N) is 2. The Bertz CT molecular complexity index is 1960. The van der Waals surface area contributed by atoms with E-state index in [2.05, 4.69) is 17.0 Å². The molecule has 1 atom stereocenters. The number of nitriles is 2. The zero-order valence-corrected chi connectivity index (χ0v) is 34.0. The molecular weight excluding hydrogens is 803 g/mol. The molecular formula is C38H43Cl3N8O4S2. The van der Waals surface area contributed by atoms with Gasteiger partial charge in [0.15, 0.2) is 0 Å². The molecule has 0 aliphatic carbocycles. The summed E-state index contributed by atoms with van der Waals surface area (Å²) in [5, 5.41) is 34.2. The highest BCUT2D eigenvalue weighted by Gasteiger charge is 2.27. The number of anilines is 1. The van der Waals surface area contributed by atoms with Crippen LogP contribution in [-0.2, 0) is 15.3 Å². The van der Waals surface area contributed by atoms with Crippen LogP contribution in [0.2, 0.25) is 5.02 Å². The molecule has 12 nitrogen and oxygen atoms in total. The molecule has 55 heavy (non-hydrogen) atoms. The number of carbonyl (C=O) groups excluding carboxylic acids is 1. The van der Waals surface area contributed by atoms with Crippen LogP contribution in [0.3, 0.4) is 0 Å². The maximum atomic E-state index is 13.0. The summed E-state index contributed by atoms with van der Waals surface area (Å²) in [6.07, 6.45) is 3.68. The minimum atomic E-state index is -1.01. The maximum Gasteiger partial charge on any atom is 0.305 e. The van der Waals surface area contributed by atoms with Crippen LogP contribution in [0.4, 0.5) is 5.82 Å². The van der Waals surface area contributed by atoms with Crippen molar-refractivity contribution in [3.05, 3.63) is 75.8 Å². The number of thiazole rings is 1. The van der Waals surface area contributed by atoms with Crippen LogP contribution in [0.1, 0.15) is 55.3 Å². The molecule has 4 aromatic rings. The van der Waals surface area contributed by atoms with Gasteiger partial charge in [-0.2, -0.15) is 10.5 Å². The Morgan fingerprint density at radius 3 is 2.31 bits per heavy atom. The fourth-order valence-corrected chi connectivity index (χ4v) is 7.91. The average molecular weight is 846 g/mol. The van der Waals surface area contributed by atoms with Crippen molar-refractivity contribution in [2.24, 2.45) is 11.5 Å². The minimum absolute atomic E-state index is 0. The standard InChI is InChI=1S/C38H41ClN8O4S2.2ClH/c39-27-10-6-26(7-11-27)36-44-28(23-52-36)24-53-37-31(22-42)34(30(21-41)35(45-37)46-16-3-4-17-46)25-8-12-29(13-9-25)51-20-19-47(18-14-33(48)49)38(50)32(43)5-1-2-15-40;;/h6-13,23,32H,1-5,14-20,24,40,43H2,(H,48,49);2*1H/t32-;;/m0../s1. The van der Waals surface area contributed by atoms with Crippen LogP contribution in [0.5, 0.6) is 5.75 Å². The third-order valence-corrected chi connectivity index (χ3v) is 10.9. The summed E-state index contributed by atoms with van der Waals surface area (Å²) in [7, 11) is 0. The van der Waals surface area contributed by atoms with E-state index in [0.717, 1.165) is 48.6 Å². The van der Waals surface area contributed by atoms with E-state index in [-0.39, 0.29) is 56.8 Å². The molecule has 0 unspecified atom stereocenters. The van der Waals surface area contributed by atoms with Crippen molar-refractivity contribution in [1.29, 1.82) is 10.5 Å². The Morgan fingerprint density at radius 2 is 1.67 bits per heavy atom. The first-order valence-corrected chi connectivity index (χ1v) is 19.6. The molecule has 1 aliphatic heterocycles. The molecule has 0 spiro atoms. The number of ether oxygens (including phenoxy) is 1. The van der Waals surface area contributed by atoms with Crippen molar-refractivity contribution in [3.8, 4) is 39.6 Å². The number of hydrogen-bond donors (Lipinski definition) is 3. The number of amides is 1. The van der Waals surface area contributed by atoms with Gasteiger partial charge < -0.3 is 31.1 Å². The van der Waals surface area contributed by atoms with E-state index in [0.29, 0.717) is 69.0 Å². The zero-order chi connectivity index (χ0) is 37.7. The Hall–Kier alpha value is -4.12. The van der Waals surface area contributed by atoms with Crippen molar-refractivity contribution in [3.63, 3.8) is 0 Å². The summed E-state index contributed by atoms with van der Waals surface area (Å²) in [6.45, 7) is 2.32. The van der Waals surface area contributed by atoms with E-state index in [4.69, 9.17) is 37.8 Å². The molecule has 0 radical (unpaired) electrons. The summed E-state index contributed by atoms with van der Waals surface area (Å²) < 4.78 is 5.97. The van der Waals surface area contributed by atoms with E-state index in [1.807, 2.05) is 29.6 Å². The summed E-state index contributed by atoms with van der Waals surface area (Å²) in [6, 6.07) is 18.5. The number of hydrogen-bond acceptors (Lipinski definition) is 12. The van der Waals surface area contributed by atoms with E-state index in [1.165, 1.54) is 28.0 Å². The molecule has 2 aromatic carbocycles. The lowest BCUT2D eigenvalue weighted by Crippen LogP contribution is -2.46. The van der Waals surface area contributed by atoms with Crippen molar-refractivity contribution >= 4 is 77.2 Å². The molecule has 0 saturated carbocycles. The van der Waals surface area contributed by atoms with Gasteiger partial charge in [-0.25, -0.2) is 9.97 Å². The molecule has 292 valence electrons.